The Labute approximate surface area is 72.0 Å². The molecule has 2 heteroatoms. The molecule has 1 aromatic rings. The van der Waals surface area contributed by atoms with Gasteiger partial charge < -0.3 is 4.90 Å². The first kappa shape index (κ1) is 7.17. The zero-order valence-electron chi connectivity index (χ0n) is 7.04. The third-order valence-electron chi connectivity index (χ3n) is 2.38. The van der Waals surface area contributed by atoms with Gasteiger partial charge in [-0.2, -0.15) is 5.26 Å². The predicted octanol–water partition coefficient (Wildman–Crippen LogP) is 1.55. The summed E-state index contributed by atoms with van der Waals surface area (Å²) in [6.45, 7) is 1.04. The Bertz CT molecular complexity index is 349. The summed E-state index contributed by atoms with van der Waals surface area (Å²) >= 11 is 0. The molecule has 2 nitrogen and oxygen atoms in total. The first-order chi connectivity index (χ1) is 5.83. The highest BCUT2D eigenvalue weighted by atomic mass is 15.1. The number of rotatable bonds is 0. The van der Waals surface area contributed by atoms with Gasteiger partial charge in [-0.05, 0) is 24.1 Å². The van der Waals surface area contributed by atoms with Crippen molar-refractivity contribution < 1.29 is 0 Å². The highest BCUT2D eigenvalue weighted by Crippen LogP contribution is 2.28. The van der Waals surface area contributed by atoms with Gasteiger partial charge in [-0.15, -0.1) is 0 Å². The summed E-state index contributed by atoms with van der Waals surface area (Å²) in [6.07, 6.45) is 1.01. The normalized spacial score (nSPS) is 14.2. The van der Waals surface area contributed by atoms with Crippen LogP contribution in [0, 0.1) is 11.3 Å². The van der Waals surface area contributed by atoms with E-state index in [0.29, 0.717) is 0 Å². The largest absolute Gasteiger partial charge is 0.374 e. The van der Waals surface area contributed by atoms with Gasteiger partial charge in [-0.3, -0.25) is 0 Å². The molecule has 0 atom stereocenters. The summed E-state index contributed by atoms with van der Waals surface area (Å²) in [5.74, 6) is 0. The zero-order chi connectivity index (χ0) is 8.55. The Morgan fingerprint density at radius 1 is 1.50 bits per heavy atom. The average Bonchev–Trinajstić information content (AvgIpc) is 2.48. The molecule has 0 bridgehead atoms. The number of likely N-dealkylation sites (N-methyl/N-ethyl adjacent to an activating group) is 1. The van der Waals surface area contributed by atoms with Crippen molar-refractivity contribution in [2.24, 2.45) is 0 Å². The van der Waals surface area contributed by atoms with Gasteiger partial charge in [0, 0.05) is 19.3 Å². The highest BCUT2D eigenvalue weighted by molar-refractivity contribution is 5.62. The lowest BCUT2D eigenvalue weighted by molar-refractivity contribution is 0.955. The zero-order valence-corrected chi connectivity index (χ0v) is 7.04. The van der Waals surface area contributed by atoms with Crippen LogP contribution in [-0.4, -0.2) is 13.6 Å². The lowest BCUT2D eigenvalue weighted by atomic mass is 10.1. The Morgan fingerprint density at radius 2 is 2.33 bits per heavy atom. The van der Waals surface area contributed by atoms with Crippen molar-refractivity contribution in [1.29, 1.82) is 5.26 Å². The minimum Gasteiger partial charge on any atom is -0.374 e. The molecule has 12 heavy (non-hydrogen) atoms. The fraction of sp³-hybridized carbons (Fsp3) is 0.300. The van der Waals surface area contributed by atoms with Gasteiger partial charge in [0.2, 0.25) is 0 Å². The van der Waals surface area contributed by atoms with E-state index in [4.69, 9.17) is 5.26 Å². The molecule has 0 aliphatic carbocycles. The second-order valence-electron chi connectivity index (χ2n) is 3.09. The number of nitrogens with zero attached hydrogens (tertiary/aromatic N) is 2. The molecule has 0 unspecified atom stereocenters. The molecular formula is C10H10N2. The number of anilines is 1. The van der Waals surface area contributed by atoms with E-state index in [9.17, 15) is 0 Å². The van der Waals surface area contributed by atoms with Crippen LogP contribution in [0.4, 0.5) is 5.69 Å². The van der Waals surface area contributed by atoms with E-state index < -0.39 is 0 Å². The molecule has 0 saturated heterocycles. The quantitative estimate of drug-likeness (QED) is 0.572. The van der Waals surface area contributed by atoms with Crippen LogP contribution in [-0.2, 0) is 6.42 Å². The van der Waals surface area contributed by atoms with Crippen molar-refractivity contribution in [3.8, 4) is 6.07 Å². The number of hydrogen-bond acceptors (Lipinski definition) is 2. The lowest BCUT2D eigenvalue weighted by Crippen LogP contribution is -2.12. The fourth-order valence-electron chi connectivity index (χ4n) is 1.70. The summed E-state index contributed by atoms with van der Waals surface area (Å²) in [5.41, 5.74) is 3.26. The summed E-state index contributed by atoms with van der Waals surface area (Å²) in [5, 5.41) is 8.82. The molecule has 2 rings (SSSR count). The molecule has 0 radical (unpaired) electrons. The third kappa shape index (κ3) is 0.868. The first-order valence-electron chi connectivity index (χ1n) is 4.06. The van der Waals surface area contributed by atoms with Crippen molar-refractivity contribution in [2.45, 2.75) is 6.42 Å². The van der Waals surface area contributed by atoms with Crippen LogP contribution in [0.5, 0.6) is 0 Å². The second-order valence-corrected chi connectivity index (χ2v) is 3.09. The fourth-order valence-corrected chi connectivity index (χ4v) is 1.70. The molecule has 1 heterocycles. The van der Waals surface area contributed by atoms with Crippen LogP contribution in [0.1, 0.15) is 11.1 Å². The highest BCUT2D eigenvalue weighted by Gasteiger charge is 2.17. The van der Waals surface area contributed by atoms with Crippen molar-refractivity contribution >= 4 is 5.69 Å². The van der Waals surface area contributed by atoms with Crippen LogP contribution in [0.25, 0.3) is 0 Å². The van der Waals surface area contributed by atoms with E-state index in [1.807, 2.05) is 12.1 Å². The predicted molar refractivity (Wildman–Crippen MR) is 48.1 cm³/mol. The molecular weight excluding hydrogens is 148 g/mol. The van der Waals surface area contributed by atoms with Crippen LogP contribution in [0.3, 0.4) is 0 Å². The Hall–Kier alpha value is -1.49. The smallest absolute Gasteiger partial charge is 0.0995 e. The molecule has 0 N–H and O–H groups in total. The van der Waals surface area contributed by atoms with Crippen LogP contribution in [0.15, 0.2) is 18.2 Å². The van der Waals surface area contributed by atoms with Crippen LogP contribution >= 0.6 is 0 Å². The van der Waals surface area contributed by atoms with Crippen molar-refractivity contribution in [2.75, 3.05) is 18.5 Å². The minimum absolute atomic E-state index is 0.830. The number of fused-ring (bicyclic) bond motifs is 1. The molecule has 0 saturated carbocycles. The summed E-state index contributed by atoms with van der Waals surface area (Å²) in [7, 11) is 2.06. The number of hydrogen-bond donors (Lipinski definition) is 0. The SMILES string of the molecule is CN1CCc2c(C#N)cccc21. The van der Waals surface area contributed by atoms with Gasteiger partial charge in [0.05, 0.1) is 11.6 Å². The Kier molecular flexibility index (Phi) is 1.51. The van der Waals surface area contributed by atoms with E-state index in [-0.39, 0.29) is 0 Å². The van der Waals surface area contributed by atoms with Crippen molar-refractivity contribution in [1.82, 2.24) is 0 Å². The van der Waals surface area contributed by atoms with Gasteiger partial charge in [0.15, 0.2) is 0 Å². The molecule has 1 aromatic carbocycles. The van der Waals surface area contributed by atoms with Crippen molar-refractivity contribution in [3.63, 3.8) is 0 Å². The molecule has 0 aromatic heterocycles. The van der Waals surface area contributed by atoms with E-state index in [1.54, 1.807) is 0 Å². The maximum Gasteiger partial charge on any atom is 0.0995 e. The topological polar surface area (TPSA) is 27.0 Å². The number of benzene rings is 1. The Morgan fingerprint density at radius 3 is 3.08 bits per heavy atom. The van der Waals surface area contributed by atoms with E-state index >= 15 is 0 Å². The van der Waals surface area contributed by atoms with Gasteiger partial charge in [-0.25, -0.2) is 0 Å². The molecule has 60 valence electrons. The van der Waals surface area contributed by atoms with Crippen LogP contribution < -0.4 is 4.90 Å². The lowest BCUT2D eigenvalue weighted by Gasteiger charge is -2.10. The number of nitriles is 1. The standard InChI is InChI=1S/C10H10N2/c1-12-6-5-9-8(7-11)3-2-4-10(9)12/h2-4H,5-6H2,1H3. The van der Waals surface area contributed by atoms with Gasteiger partial charge in [0.25, 0.3) is 0 Å². The third-order valence-corrected chi connectivity index (χ3v) is 2.38. The maximum atomic E-state index is 8.82. The molecule has 1 aliphatic heterocycles. The summed E-state index contributed by atoms with van der Waals surface area (Å²) < 4.78 is 0. The summed E-state index contributed by atoms with van der Waals surface area (Å²) in [6, 6.07) is 8.12. The monoisotopic (exact) mass is 158 g/mol. The maximum absolute atomic E-state index is 8.82. The molecule has 1 aliphatic rings. The second kappa shape index (κ2) is 2.53. The van der Waals surface area contributed by atoms with Gasteiger partial charge >= 0.3 is 0 Å². The van der Waals surface area contributed by atoms with Crippen molar-refractivity contribution in [3.05, 3.63) is 29.3 Å². The van der Waals surface area contributed by atoms with E-state index in [2.05, 4.69) is 24.1 Å². The van der Waals surface area contributed by atoms with E-state index in [0.717, 1.165) is 18.5 Å². The van der Waals surface area contributed by atoms with Gasteiger partial charge in [-0.1, -0.05) is 6.07 Å². The average molecular weight is 158 g/mol. The minimum atomic E-state index is 0.830. The Balaban J connectivity index is 2.60. The van der Waals surface area contributed by atoms with Crippen LogP contribution in [0.2, 0.25) is 0 Å². The van der Waals surface area contributed by atoms with Gasteiger partial charge in [0.1, 0.15) is 0 Å². The molecule has 0 fully saturated rings. The summed E-state index contributed by atoms with van der Waals surface area (Å²) in [4.78, 5) is 2.19. The molecule has 0 amide bonds. The molecule has 0 spiro atoms. The van der Waals surface area contributed by atoms with E-state index in [1.165, 1.54) is 11.3 Å². The first-order valence-corrected chi connectivity index (χ1v) is 4.06.